The van der Waals surface area contributed by atoms with Crippen molar-refractivity contribution in [1.82, 2.24) is 9.62 Å². The quantitative estimate of drug-likeness (QED) is 0.711. The molecule has 27 heavy (non-hydrogen) atoms. The van der Waals surface area contributed by atoms with Gasteiger partial charge in [0.15, 0.2) is 0 Å². The molecular weight excluding hydrogens is 401 g/mol. The van der Waals surface area contributed by atoms with Crippen molar-refractivity contribution in [2.24, 2.45) is 0 Å². The first-order valence-corrected chi connectivity index (χ1v) is 10.4. The van der Waals surface area contributed by atoms with E-state index in [-0.39, 0.29) is 29.6 Å². The van der Waals surface area contributed by atoms with Crippen LogP contribution in [-0.4, -0.2) is 32.2 Å². The zero-order chi connectivity index (χ0) is 20.1. The number of carbonyl (C=O) groups excluding carboxylic acids is 1. The van der Waals surface area contributed by atoms with Gasteiger partial charge in [0.2, 0.25) is 5.91 Å². The highest BCUT2D eigenvalue weighted by atomic mass is 32.2. The zero-order valence-corrected chi connectivity index (χ0v) is 16.1. The predicted octanol–water partition coefficient (Wildman–Crippen LogP) is 3.48. The average Bonchev–Trinajstić information content (AvgIpc) is 3.15. The normalized spacial score (nSPS) is 12.3. The van der Waals surface area contributed by atoms with E-state index in [1.807, 2.05) is 0 Å². The highest BCUT2D eigenvalue weighted by Gasteiger charge is 2.30. The van der Waals surface area contributed by atoms with E-state index in [1.165, 1.54) is 29.6 Å². The van der Waals surface area contributed by atoms with E-state index < -0.39 is 21.8 Å². The molecule has 0 spiro atoms. The van der Waals surface area contributed by atoms with Crippen molar-refractivity contribution in [3.63, 3.8) is 0 Å². The lowest BCUT2D eigenvalue weighted by Gasteiger charge is -2.15. The maximum atomic E-state index is 12.7. The van der Waals surface area contributed by atoms with Gasteiger partial charge in [-0.05, 0) is 35.6 Å². The Labute approximate surface area is 159 Å². The molecule has 1 N–H and O–H groups in total. The minimum Gasteiger partial charge on any atom is -0.352 e. The van der Waals surface area contributed by atoms with Gasteiger partial charge in [-0.2, -0.15) is 13.2 Å². The fraction of sp³-hybridized carbons (Fsp3) is 0.353. The van der Waals surface area contributed by atoms with E-state index in [9.17, 15) is 26.4 Å². The van der Waals surface area contributed by atoms with Crippen LogP contribution in [0.25, 0.3) is 0 Å². The molecule has 0 saturated heterocycles. The van der Waals surface area contributed by atoms with Gasteiger partial charge in [0, 0.05) is 26.6 Å². The van der Waals surface area contributed by atoms with Gasteiger partial charge in [0.1, 0.15) is 4.21 Å². The highest BCUT2D eigenvalue weighted by molar-refractivity contribution is 7.91. The Hall–Kier alpha value is -1.91. The Morgan fingerprint density at radius 3 is 2.59 bits per heavy atom. The van der Waals surface area contributed by atoms with Gasteiger partial charge < -0.3 is 5.32 Å². The fourth-order valence-electron chi connectivity index (χ4n) is 2.29. The van der Waals surface area contributed by atoms with Crippen LogP contribution in [0.15, 0.2) is 46.0 Å². The number of hydrogen-bond acceptors (Lipinski definition) is 4. The van der Waals surface area contributed by atoms with Crippen LogP contribution >= 0.6 is 11.3 Å². The molecule has 0 aliphatic rings. The van der Waals surface area contributed by atoms with Gasteiger partial charge in [-0.15, -0.1) is 11.3 Å². The molecule has 2 rings (SSSR count). The number of carbonyl (C=O) groups is 1. The fourth-order valence-corrected chi connectivity index (χ4v) is 4.70. The number of nitrogens with one attached hydrogen (secondary N) is 1. The van der Waals surface area contributed by atoms with Gasteiger partial charge in [0.05, 0.1) is 5.56 Å². The zero-order valence-electron chi connectivity index (χ0n) is 14.5. The SMILES string of the molecule is CN(CCCC(=O)NCc1cccc(C(F)(F)F)c1)S(=O)(=O)c1cccs1. The molecular formula is C17H19F3N2O3S2. The van der Waals surface area contributed by atoms with Crippen LogP contribution in [0.2, 0.25) is 0 Å². The van der Waals surface area contributed by atoms with E-state index in [2.05, 4.69) is 5.32 Å². The van der Waals surface area contributed by atoms with Crippen molar-refractivity contribution >= 4 is 27.3 Å². The molecule has 1 heterocycles. The molecule has 0 aliphatic heterocycles. The van der Waals surface area contributed by atoms with E-state index in [1.54, 1.807) is 11.4 Å². The maximum Gasteiger partial charge on any atom is 0.416 e. The van der Waals surface area contributed by atoms with Gasteiger partial charge in [0.25, 0.3) is 10.0 Å². The molecule has 0 saturated carbocycles. The third kappa shape index (κ3) is 6.05. The summed E-state index contributed by atoms with van der Waals surface area (Å²) < 4.78 is 63.9. The number of rotatable bonds is 8. The molecule has 2 aromatic rings. The molecule has 5 nitrogen and oxygen atoms in total. The van der Waals surface area contributed by atoms with Crippen molar-refractivity contribution < 1.29 is 26.4 Å². The van der Waals surface area contributed by atoms with Crippen LogP contribution in [0.3, 0.4) is 0 Å². The molecule has 1 aromatic heterocycles. The average molecular weight is 420 g/mol. The Kier molecular flexibility index (Phi) is 7.01. The monoisotopic (exact) mass is 420 g/mol. The first-order chi connectivity index (χ1) is 12.6. The summed E-state index contributed by atoms with van der Waals surface area (Å²) in [5, 5.41) is 4.21. The van der Waals surface area contributed by atoms with Crippen molar-refractivity contribution in [2.75, 3.05) is 13.6 Å². The maximum absolute atomic E-state index is 12.7. The third-order valence-corrected chi connectivity index (χ3v) is 7.01. The van der Waals surface area contributed by atoms with Crippen LogP contribution in [0.1, 0.15) is 24.0 Å². The number of nitrogens with zero attached hydrogens (tertiary/aromatic N) is 1. The molecule has 0 unspecified atom stereocenters. The molecule has 148 valence electrons. The topological polar surface area (TPSA) is 66.5 Å². The Morgan fingerprint density at radius 1 is 1.22 bits per heavy atom. The lowest BCUT2D eigenvalue weighted by atomic mass is 10.1. The molecule has 0 fully saturated rings. The number of halogens is 3. The summed E-state index contributed by atoms with van der Waals surface area (Å²) in [6.07, 6.45) is -4.06. The molecule has 10 heteroatoms. The summed E-state index contributed by atoms with van der Waals surface area (Å²) in [5.41, 5.74) is -0.426. The number of alkyl halides is 3. The smallest absolute Gasteiger partial charge is 0.352 e. The molecule has 1 amide bonds. The molecule has 0 atom stereocenters. The Morgan fingerprint density at radius 2 is 1.96 bits per heavy atom. The van der Waals surface area contributed by atoms with Gasteiger partial charge in [-0.25, -0.2) is 12.7 Å². The van der Waals surface area contributed by atoms with Gasteiger partial charge >= 0.3 is 6.18 Å². The van der Waals surface area contributed by atoms with Gasteiger partial charge in [-0.1, -0.05) is 18.2 Å². The van der Waals surface area contributed by atoms with Crippen molar-refractivity contribution in [1.29, 1.82) is 0 Å². The second-order valence-corrected chi connectivity index (χ2v) is 9.06. The number of hydrogen-bond donors (Lipinski definition) is 1. The standard InChI is InChI=1S/C17H19F3N2O3S2/c1-22(27(24,25)16-8-4-10-26-16)9-3-7-15(23)21-12-13-5-2-6-14(11-13)17(18,19)20/h2,4-6,8,10-11H,3,7,9,12H2,1H3,(H,21,23). The molecule has 1 aromatic carbocycles. The predicted molar refractivity (Wildman–Crippen MR) is 96.7 cm³/mol. The number of thiophene rings is 1. The summed E-state index contributed by atoms with van der Waals surface area (Å²) in [7, 11) is -2.11. The minimum absolute atomic E-state index is 0.0217. The largest absolute Gasteiger partial charge is 0.416 e. The highest BCUT2D eigenvalue weighted by Crippen LogP contribution is 2.29. The Balaban J connectivity index is 1.79. The molecule has 0 radical (unpaired) electrons. The van der Waals surface area contributed by atoms with Crippen LogP contribution in [0.5, 0.6) is 0 Å². The lowest BCUT2D eigenvalue weighted by molar-refractivity contribution is -0.137. The second kappa shape index (κ2) is 8.85. The number of amides is 1. The van der Waals surface area contributed by atoms with Crippen LogP contribution in [-0.2, 0) is 27.5 Å². The van der Waals surface area contributed by atoms with E-state index in [4.69, 9.17) is 0 Å². The summed E-state index contributed by atoms with van der Waals surface area (Å²) >= 11 is 1.12. The summed E-state index contributed by atoms with van der Waals surface area (Å²) in [6, 6.07) is 7.90. The minimum atomic E-state index is -4.43. The van der Waals surface area contributed by atoms with Crippen LogP contribution in [0.4, 0.5) is 13.2 Å². The first-order valence-electron chi connectivity index (χ1n) is 8.03. The third-order valence-electron chi connectivity index (χ3n) is 3.78. The summed E-state index contributed by atoms with van der Waals surface area (Å²) in [6.45, 7) is 0.142. The van der Waals surface area contributed by atoms with Gasteiger partial charge in [-0.3, -0.25) is 4.79 Å². The van der Waals surface area contributed by atoms with Crippen molar-refractivity contribution in [2.45, 2.75) is 29.8 Å². The van der Waals surface area contributed by atoms with Crippen molar-refractivity contribution in [3.8, 4) is 0 Å². The van der Waals surface area contributed by atoms with Crippen LogP contribution < -0.4 is 5.32 Å². The summed E-state index contributed by atoms with van der Waals surface area (Å²) in [5.74, 6) is -0.352. The Bertz CT molecular complexity index is 866. The molecule has 0 aliphatic carbocycles. The molecule has 0 bridgehead atoms. The summed E-state index contributed by atoms with van der Waals surface area (Å²) in [4.78, 5) is 11.9. The van der Waals surface area contributed by atoms with E-state index in [0.29, 0.717) is 12.0 Å². The van der Waals surface area contributed by atoms with Crippen molar-refractivity contribution in [3.05, 3.63) is 52.9 Å². The van der Waals surface area contributed by atoms with E-state index >= 15 is 0 Å². The number of benzene rings is 1. The second-order valence-electron chi connectivity index (χ2n) is 5.84. The lowest BCUT2D eigenvalue weighted by Crippen LogP contribution is -2.29. The first kappa shape index (κ1) is 21.4. The van der Waals surface area contributed by atoms with Crippen LogP contribution in [0, 0.1) is 0 Å². The number of sulfonamides is 1. The van der Waals surface area contributed by atoms with E-state index in [0.717, 1.165) is 23.5 Å².